The van der Waals surface area contributed by atoms with Gasteiger partial charge in [0, 0.05) is 27.7 Å². The van der Waals surface area contributed by atoms with Gasteiger partial charge < -0.3 is 14.8 Å². The van der Waals surface area contributed by atoms with Crippen LogP contribution in [0.1, 0.15) is 11.1 Å². The molecule has 0 amide bonds. The molecule has 0 aliphatic heterocycles. The van der Waals surface area contributed by atoms with Crippen LogP contribution < -0.4 is 14.8 Å². The van der Waals surface area contributed by atoms with Gasteiger partial charge in [-0.1, -0.05) is 41.4 Å². The molecule has 2 aromatic carbocycles. The lowest BCUT2D eigenvalue weighted by atomic mass is 10.1. The number of hydrogen-bond acceptors (Lipinski definition) is 3. The summed E-state index contributed by atoms with van der Waals surface area (Å²) in [6.45, 7) is 0.971. The van der Waals surface area contributed by atoms with E-state index in [1.807, 2.05) is 31.3 Å². The lowest BCUT2D eigenvalue weighted by Gasteiger charge is -2.16. The molecule has 3 nitrogen and oxygen atoms in total. The highest BCUT2D eigenvalue weighted by Gasteiger charge is 2.12. The van der Waals surface area contributed by atoms with Crippen molar-refractivity contribution in [3.63, 3.8) is 0 Å². The molecule has 0 unspecified atom stereocenters. The predicted octanol–water partition coefficient (Wildman–Crippen LogP) is 4.30. The zero-order valence-corrected chi connectivity index (χ0v) is 13.5. The summed E-state index contributed by atoms with van der Waals surface area (Å²) < 4.78 is 11.3. The molecule has 0 saturated carbocycles. The molecule has 0 radical (unpaired) electrons. The first-order valence-electron chi connectivity index (χ1n) is 6.53. The van der Waals surface area contributed by atoms with Crippen molar-refractivity contribution in [1.82, 2.24) is 5.32 Å². The molecule has 0 heterocycles. The standard InChI is InChI=1S/C16H17Cl2NO2/c1-19-9-11-5-3-8-15(20-2)16(11)21-10-12-13(17)6-4-7-14(12)18/h3-8,19H,9-10H2,1-2H3. The first kappa shape index (κ1) is 16.0. The van der Waals surface area contributed by atoms with Crippen molar-refractivity contribution in [2.45, 2.75) is 13.2 Å². The summed E-state index contributed by atoms with van der Waals surface area (Å²) in [6, 6.07) is 11.2. The van der Waals surface area contributed by atoms with Crippen molar-refractivity contribution in [3.8, 4) is 11.5 Å². The summed E-state index contributed by atoms with van der Waals surface area (Å²) >= 11 is 12.3. The van der Waals surface area contributed by atoms with E-state index in [4.69, 9.17) is 32.7 Å². The highest BCUT2D eigenvalue weighted by molar-refractivity contribution is 6.35. The second-order valence-electron chi connectivity index (χ2n) is 4.47. The van der Waals surface area contributed by atoms with E-state index in [1.54, 1.807) is 19.2 Å². The zero-order valence-electron chi connectivity index (χ0n) is 12.0. The molecule has 112 valence electrons. The Kier molecular flexibility index (Phi) is 5.74. The van der Waals surface area contributed by atoms with Crippen LogP contribution in [0.15, 0.2) is 36.4 Å². The van der Waals surface area contributed by atoms with Crippen LogP contribution in [0.5, 0.6) is 11.5 Å². The van der Waals surface area contributed by atoms with E-state index in [2.05, 4.69) is 5.32 Å². The van der Waals surface area contributed by atoms with Crippen molar-refractivity contribution in [2.24, 2.45) is 0 Å². The van der Waals surface area contributed by atoms with Crippen molar-refractivity contribution < 1.29 is 9.47 Å². The molecule has 1 N–H and O–H groups in total. The Hall–Kier alpha value is -1.42. The van der Waals surface area contributed by atoms with Crippen LogP contribution in [0, 0.1) is 0 Å². The van der Waals surface area contributed by atoms with Crippen LogP contribution in [0.2, 0.25) is 10.0 Å². The van der Waals surface area contributed by atoms with Gasteiger partial charge in [-0.2, -0.15) is 0 Å². The van der Waals surface area contributed by atoms with Gasteiger partial charge in [-0.3, -0.25) is 0 Å². The Labute approximate surface area is 134 Å². The van der Waals surface area contributed by atoms with E-state index < -0.39 is 0 Å². The van der Waals surface area contributed by atoms with Gasteiger partial charge in [0.05, 0.1) is 7.11 Å². The van der Waals surface area contributed by atoms with E-state index in [1.165, 1.54) is 0 Å². The molecule has 2 rings (SSSR count). The third kappa shape index (κ3) is 3.82. The monoisotopic (exact) mass is 325 g/mol. The minimum absolute atomic E-state index is 0.287. The third-order valence-corrected chi connectivity index (χ3v) is 3.78. The second-order valence-corrected chi connectivity index (χ2v) is 5.28. The average molecular weight is 326 g/mol. The van der Waals surface area contributed by atoms with Gasteiger partial charge >= 0.3 is 0 Å². The maximum absolute atomic E-state index is 6.16. The average Bonchev–Trinajstić information content (AvgIpc) is 2.48. The maximum Gasteiger partial charge on any atom is 0.166 e. The topological polar surface area (TPSA) is 30.5 Å². The lowest BCUT2D eigenvalue weighted by molar-refractivity contribution is 0.281. The molecule has 0 fully saturated rings. The van der Waals surface area contributed by atoms with Gasteiger partial charge in [-0.05, 0) is 25.2 Å². The Morgan fingerprint density at radius 1 is 1.05 bits per heavy atom. The fourth-order valence-corrected chi connectivity index (χ4v) is 2.54. The van der Waals surface area contributed by atoms with Crippen LogP contribution >= 0.6 is 23.2 Å². The molecular weight excluding hydrogens is 309 g/mol. The smallest absolute Gasteiger partial charge is 0.166 e. The fraction of sp³-hybridized carbons (Fsp3) is 0.250. The SMILES string of the molecule is CNCc1cccc(OC)c1OCc1c(Cl)cccc1Cl. The van der Waals surface area contributed by atoms with E-state index in [0.29, 0.717) is 28.1 Å². The zero-order chi connectivity index (χ0) is 15.2. The number of halogens is 2. The van der Waals surface area contributed by atoms with Crippen LogP contribution in [0.4, 0.5) is 0 Å². The van der Waals surface area contributed by atoms with Gasteiger partial charge in [0.15, 0.2) is 11.5 Å². The molecule has 0 aromatic heterocycles. The number of ether oxygens (including phenoxy) is 2. The van der Waals surface area contributed by atoms with Gasteiger partial charge in [-0.25, -0.2) is 0 Å². The number of rotatable bonds is 6. The number of methoxy groups -OCH3 is 1. The van der Waals surface area contributed by atoms with E-state index in [9.17, 15) is 0 Å². The quantitative estimate of drug-likeness (QED) is 0.858. The summed E-state index contributed by atoms with van der Waals surface area (Å²) in [5.74, 6) is 1.39. The Morgan fingerprint density at radius 3 is 2.33 bits per heavy atom. The lowest BCUT2D eigenvalue weighted by Crippen LogP contribution is -2.08. The van der Waals surface area contributed by atoms with Crippen LogP contribution in [-0.2, 0) is 13.2 Å². The van der Waals surface area contributed by atoms with E-state index >= 15 is 0 Å². The largest absolute Gasteiger partial charge is 0.493 e. The molecule has 0 atom stereocenters. The van der Waals surface area contributed by atoms with Crippen LogP contribution in [-0.4, -0.2) is 14.2 Å². The molecule has 21 heavy (non-hydrogen) atoms. The molecular formula is C16H17Cl2NO2. The van der Waals surface area contributed by atoms with Gasteiger partial charge in [0.1, 0.15) is 6.61 Å². The minimum Gasteiger partial charge on any atom is -0.493 e. The predicted molar refractivity (Wildman–Crippen MR) is 86.6 cm³/mol. The highest BCUT2D eigenvalue weighted by Crippen LogP contribution is 2.33. The van der Waals surface area contributed by atoms with Crippen LogP contribution in [0.25, 0.3) is 0 Å². The summed E-state index contributed by atoms with van der Waals surface area (Å²) in [5.41, 5.74) is 1.78. The summed E-state index contributed by atoms with van der Waals surface area (Å²) in [5, 5.41) is 4.29. The Morgan fingerprint density at radius 2 is 1.71 bits per heavy atom. The Balaban J connectivity index is 2.27. The Bertz CT molecular complexity index is 597. The van der Waals surface area contributed by atoms with Crippen LogP contribution in [0.3, 0.4) is 0 Å². The maximum atomic E-state index is 6.16. The second kappa shape index (κ2) is 7.55. The molecule has 5 heteroatoms. The van der Waals surface area contributed by atoms with Gasteiger partial charge in [-0.15, -0.1) is 0 Å². The minimum atomic E-state index is 0.287. The van der Waals surface area contributed by atoms with E-state index in [-0.39, 0.29) is 6.61 Å². The first-order valence-corrected chi connectivity index (χ1v) is 7.29. The number of benzene rings is 2. The summed E-state index contributed by atoms with van der Waals surface area (Å²) in [7, 11) is 3.50. The number of hydrogen-bond donors (Lipinski definition) is 1. The highest BCUT2D eigenvalue weighted by atomic mass is 35.5. The van der Waals surface area contributed by atoms with Gasteiger partial charge in [0.25, 0.3) is 0 Å². The molecule has 0 aliphatic rings. The summed E-state index contributed by atoms with van der Waals surface area (Å²) in [4.78, 5) is 0. The number of para-hydroxylation sites is 1. The fourth-order valence-electron chi connectivity index (χ4n) is 2.03. The summed E-state index contributed by atoms with van der Waals surface area (Å²) in [6.07, 6.45) is 0. The van der Waals surface area contributed by atoms with Crippen molar-refractivity contribution >= 4 is 23.2 Å². The molecule has 2 aromatic rings. The van der Waals surface area contributed by atoms with Crippen molar-refractivity contribution in [1.29, 1.82) is 0 Å². The molecule has 0 saturated heterocycles. The third-order valence-electron chi connectivity index (χ3n) is 3.07. The van der Waals surface area contributed by atoms with Crippen molar-refractivity contribution in [3.05, 3.63) is 57.6 Å². The van der Waals surface area contributed by atoms with Gasteiger partial charge in [0.2, 0.25) is 0 Å². The molecule has 0 spiro atoms. The molecule has 0 aliphatic carbocycles. The normalized spacial score (nSPS) is 10.5. The molecule has 0 bridgehead atoms. The number of nitrogens with one attached hydrogen (secondary N) is 1. The van der Waals surface area contributed by atoms with Crippen molar-refractivity contribution in [2.75, 3.05) is 14.2 Å². The first-order chi connectivity index (χ1) is 10.2. The van der Waals surface area contributed by atoms with E-state index in [0.717, 1.165) is 11.1 Å².